The van der Waals surface area contributed by atoms with E-state index in [-0.39, 0.29) is 12.1 Å². The summed E-state index contributed by atoms with van der Waals surface area (Å²) in [5, 5.41) is 3.21. The van der Waals surface area contributed by atoms with Gasteiger partial charge in [-0.3, -0.25) is 4.99 Å². The number of unbranched alkanes of at least 4 members (excludes halogenated alkanes) is 2. The Morgan fingerprint density at radius 2 is 2.19 bits per heavy atom. The predicted molar refractivity (Wildman–Crippen MR) is 83.9 cm³/mol. The first-order chi connectivity index (χ1) is 10.2. The van der Waals surface area contributed by atoms with Crippen LogP contribution in [0.5, 0.6) is 0 Å². The van der Waals surface area contributed by atoms with Gasteiger partial charge in [0.25, 0.3) is 0 Å². The van der Waals surface area contributed by atoms with Crippen LogP contribution >= 0.6 is 0 Å². The summed E-state index contributed by atoms with van der Waals surface area (Å²) in [5.41, 5.74) is 5.85. The van der Waals surface area contributed by atoms with Gasteiger partial charge in [-0.2, -0.15) is 0 Å². The summed E-state index contributed by atoms with van der Waals surface area (Å²) in [7, 11) is 0. The van der Waals surface area contributed by atoms with E-state index in [9.17, 15) is 4.79 Å². The number of rotatable bonds is 6. The fraction of sp³-hybridized carbons (Fsp3) is 0.733. The highest BCUT2D eigenvalue weighted by molar-refractivity contribution is 5.78. The molecule has 1 aliphatic heterocycles. The number of aliphatic imine (C=N–C) groups is 1. The van der Waals surface area contributed by atoms with Crippen LogP contribution in [0.1, 0.15) is 39.0 Å². The molecule has 118 valence electrons. The number of piperidine rings is 1. The number of carbonyl (C=O) groups excluding carboxylic acids is 1. The molecule has 0 unspecified atom stereocenters. The van der Waals surface area contributed by atoms with E-state index in [1.165, 1.54) is 0 Å². The van der Waals surface area contributed by atoms with Crippen molar-refractivity contribution in [1.82, 2.24) is 10.2 Å². The number of nitrogens with two attached hydrogens (primary N) is 1. The van der Waals surface area contributed by atoms with Crippen LogP contribution in [0.2, 0.25) is 0 Å². The summed E-state index contributed by atoms with van der Waals surface area (Å²) in [5.74, 6) is 3.08. The number of carbonyl (C=O) groups is 1. The Balaban J connectivity index is 2.21. The maximum absolute atomic E-state index is 11.6. The molecule has 1 aliphatic rings. The zero-order valence-corrected chi connectivity index (χ0v) is 12.8. The van der Waals surface area contributed by atoms with Gasteiger partial charge in [-0.05, 0) is 32.6 Å². The van der Waals surface area contributed by atoms with E-state index in [1.807, 2.05) is 6.92 Å². The highest BCUT2D eigenvalue weighted by Crippen LogP contribution is 2.11. The van der Waals surface area contributed by atoms with Crippen molar-refractivity contribution >= 4 is 12.1 Å². The van der Waals surface area contributed by atoms with Gasteiger partial charge in [-0.25, -0.2) is 4.79 Å². The first-order valence-electron chi connectivity index (χ1n) is 7.59. The van der Waals surface area contributed by atoms with Crippen LogP contribution in [-0.2, 0) is 4.74 Å². The third-order valence-corrected chi connectivity index (χ3v) is 3.38. The number of nitrogens with zero attached hydrogens (tertiary/aromatic N) is 2. The number of hydrogen-bond acceptors (Lipinski definition) is 3. The predicted octanol–water partition coefficient (Wildman–Crippen LogP) is 1.32. The van der Waals surface area contributed by atoms with Gasteiger partial charge in [-0.1, -0.05) is 0 Å². The van der Waals surface area contributed by atoms with Gasteiger partial charge in [0, 0.05) is 32.1 Å². The van der Waals surface area contributed by atoms with E-state index in [4.69, 9.17) is 16.9 Å². The Morgan fingerprint density at radius 1 is 1.48 bits per heavy atom. The number of likely N-dealkylation sites (tertiary alicyclic amines) is 1. The SMILES string of the molecule is C#CCCCCN=C(N)NC1CCN(C(=O)OCC)CC1. The average molecular weight is 294 g/mol. The summed E-state index contributed by atoms with van der Waals surface area (Å²) >= 11 is 0. The Kier molecular flexibility index (Phi) is 8.10. The van der Waals surface area contributed by atoms with Gasteiger partial charge in [0.15, 0.2) is 5.96 Å². The Bertz CT molecular complexity index is 382. The molecule has 0 saturated carbocycles. The molecule has 0 aromatic rings. The van der Waals surface area contributed by atoms with Crippen molar-refractivity contribution in [2.45, 2.75) is 45.1 Å². The molecule has 0 bridgehead atoms. The third-order valence-electron chi connectivity index (χ3n) is 3.38. The standard InChI is InChI=1S/C15H26N4O2/c1-3-5-6-7-10-17-14(16)18-13-8-11-19(12-9-13)15(20)21-4-2/h1,13H,4-12H2,2H3,(H3,16,17,18). The lowest BCUT2D eigenvalue weighted by atomic mass is 10.1. The van der Waals surface area contributed by atoms with E-state index < -0.39 is 0 Å². The van der Waals surface area contributed by atoms with Gasteiger partial charge in [0.05, 0.1) is 6.61 Å². The first kappa shape index (κ1) is 17.2. The smallest absolute Gasteiger partial charge is 0.409 e. The largest absolute Gasteiger partial charge is 0.450 e. The van der Waals surface area contributed by atoms with Crippen LogP contribution in [0.4, 0.5) is 4.79 Å². The van der Waals surface area contributed by atoms with Gasteiger partial charge in [-0.15, -0.1) is 12.3 Å². The molecule has 3 N–H and O–H groups in total. The molecule has 0 aliphatic carbocycles. The third kappa shape index (κ3) is 6.89. The van der Waals surface area contributed by atoms with Crippen molar-refractivity contribution in [2.75, 3.05) is 26.2 Å². The molecular formula is C15H26N4O2. The molecule has 0 aromatic carbocycles. The highest BCUT2D eigenvalue weighted by atomic mass is 16.6. The summed E-state index contributed by atoms with van der Waals surface area (Å²) in [6.45, 7) is 4.29. The Morgan fingerprint density at radius 3 is 2.81 bits per heavy atom. The Hall–Kier alpha value is -1.90. The number of nitrogens with one attached hydrogen (secondary N) is 1. The molecule has 1 saturated heterocycles. The molecule has 0 spiro atoms. The van der Waals surface area contributed by atoms with Crippen LogP contribution in [0.25, 0.3) is 0 Å². The second-order valence-corrected chi connectivity index (χ2v) is 5.03. The van der Waals surface area contributed by atoms with E-state index >= 15 is 0 Å². The van der Waals surface area contributed by atoms with Crippen molar-refractivity contribution in [1.29, 1.82) is 0 Å². The summed E-state index contributed by atoms with van der Waals surface area (Å²) in [4.78, 5) is 17.6. The minimum atomic E-state index is -0.230. The van der Waals surface area contributed by atoms with Crippen molar-refractivity contribution in [3.63, 3.8) is 0 Å². The van der Waals surface area contributed by atoms with Gasteiger partial charge < -0.3 is 20.7 Å². The lowest BCUT2D eigenvalue weighted by molar-refractivity contribution is 0.0963. The summed E-state index contributed by atoms with van der Waals surface area (Å²) in [6, 6.07) is 0.269. The zero-order chi connectivity index (χ0) is 15.5. The molecule has 0 aromatic heterocycles. The molecule has 1 heterocycles. The number of hydrogen-bond donors (Lipinski definition) is 2. The second-order valence-electron chi connectivity index (χ2n) is 5.03. The molecule has 0 atom stereocenters. The highest BCUT2D eigenvalue weighted by Gasteiger charge is 2.23. The van der Waals surface area contributed by atoms with E-state index in [0.29, 0.717) is 32.2 Å². The number of amides is 1. The minimum Gasteiger partial charge on any atom is -0.450 e. The lowest BCUT2D eigenvalue weighted by Gasteiger charge is -2.31. The Labute approximate surface area is 127 Å². The van der Waals surface area contributed by atoms with Crippen molar-refractivity contribution in [3.8, 4) is 12.3 Å². The average Bonchev–Trinajstić information content (AvgIpc) is 2.48. The summed E-state index contributed by atoms with van der Waals surface area (Å²) < 4.78 is 4.99. The van der Waals surface area contributed by atoms with E-state index in [2.05, 4.69) is 16.2 Å². The van der Waals surface area contributed by atoms with Gasteiger partial charge in [0.2, 0.25) is 0 Å². The fourth-order valence-electron chi connectivity index (χ4n) is 2.21. The number of ether oxygens (including phenoxy) is 1. The van der Waals surface area contributed by atoms with E-state index in [1.54, 1.807) is 4.90 Å². The maximum atomic E-state index is 11.6. The quantitative estimate of drug-likeness (QED) is 0.335. The molecule has 6 nitrogen and oxygen atoms in total. The monoisotopic (exact) mass is 294 g/mol. The molecule has 21 heavy (non-hydrogen) atoms. The van der Waals surface area contributed by atoms with Gasteiger partial charge >= 0.3 is 6.09 Å². The molecule has 1 fully saturated rings. The molecule has 1 rings (SSSR count). The van der Waals surface area contributed by atoms with Crippen LogP contribution < -0.4 is 11.1 Å². The van der Waals surface area contributed by atoms with Crippen molar-refractivity contribution in [3.05, 3.63) is 0 Å². The topological polar surface area (TPSA) is 80.0 Å². The molecule has 0 radical (unpaired) electrons. The van der Waals surface area contributed by atoms with Crippen LogP contribution in [0.15, 0.2) is 4.99 Å². The minimum absolute atomic E-state index is 0.230. The zero-order valence-electron chi connectivity index (χ0n) is 12.8. The molecule has 6 heteroatoms. The maximum Gasteiger partial charge on any atom is 0.409 e. The number of guanidine groups is 1. The second kappa shape index (κ2) is 9.92. The van der Waals surface area contributed by atoms with Crippen molar-refractivity contribution in [2.24, 2.45) is 10.7 Å². The normalized spacial score (nSPS) is 16.4. The van der Waals surface area contributed by atoms with Crippen LogP contribution in [-0.4, -0.2) is 49.2 Å². The summed E-state index contributed by atoms with van der Waals surface area (Å²) in [6.07, 6.45) is 9.38. The first-order valence-corrected chi connectivity index (χ1v) is 7.59. The fourth-order valence-corrected chi connectivity index (χ4v) is 2.21. The van der Waals surface area contributed by atoms with Gasteiger partial charge in [0.1, 0.15) is 0 Å². The lowest BCUT2D eigenvalue weighted by Crippen LogP contribution is -2.48. The van der Waals surface area contributed by atoms with Crippen molar-refractivity contribution < 1.29 is 9.53 Å². The molecular weight excluding hydrogens is 268 g/mol. The van der Waals surface area contributed by atoms with Crippen LogP contribution in [0.3, 0.4) is 0 Å². The number of terminal acetylenes is 1. The van der Waals surface area contributed by atoms with Crippen LogP contribution in [0, 0.1) is 12.3 Å². The van der Waals surface area contributed by atoms with E-state index in [0.717, 1.165) is 32.1 Å². The molecule has 1 amide bonds.